The Balaban J connectivity index is 1.70. The molecule has 1 N–H and O–H groups in total. The number of nitrogens with zero attached hydrogens (tertiary/aromatic N) is 3. The van der Waals surface area contributed by atoms with Crippen molar-refractivity contribution < 1.29 is 22.7 Å². The summed E-state index contributed by atoms with van der Waals surface area (Å²) in [6, 6.07) is 7.85. The first-order chi connectivity index (χ1) is 14.7. The molecule has 2 heterocycles. The van der Waals surface area contributed by atoms with Crippen LogP contribution >= 0.6 is 0 Å². The summed E-state index contributed by atoms with van der Waals surface area (Å²) < 4.78 is 34.4. The molecule has 1 aromatic carbocycles. The van der Waals surface area contributed by atoms with E-state index >= 15 is 0 Å². The van der Waals surface area contributed by atoms with Gasteiger partial charge in [0, 0.05) is 31.8 Å². The van der Waals surface area contributed by atoms with Gasteiger partial charge in [-0.3, -0.25) is 0 Å². The maximum atomic E-state index is 12.7. The van der Waals surface area contributed by atoms with Crippen molar-refractivity contribution in [2.24, 2.45) is 4.40 Å². The zero-order valence-electron chi connectivity index (χ0n) is 18.0. The fourth-order valence-corrected chi connectivity index (χ4v) is 5.19. The predicted molar refractivity (Wildman–Crippen MR) is 118 cm³/mol. The normalized spacial score (nSPS) is 19.5. The average molecular weight is 449 g/mol. The smallest absolute Gasteiger partial charge is 0.328 e. The maximum Gasteiger partial charge on any atom is 0.328 e. The lowest BCUT2D eigenvalue weighted by Crippen LogP contribution is -2.48. The highest BCUT2D eigenvalue weighted by Crippen LogP contribution is 2.33. The van der Waals surface area contributed by atoms with Gasteiger partial charge in [0.15, 0.2) is 0 Å². The molecule has 1 saturated heterocycles. The van der Waals surface area contributed by atoms with E-state index in [0.717, 1.165) is 0 Å². The first kappa shape index (κ1) is 22.8. The van der Waals surface area contributed by atoms with Crippen LogP contribution in [-0.2, 0) is 19.6 Å². The number of hydrogen-bond donors (Lipinski definition) is 1. The second kappa shape index (κ2) is 9.51. The molecule has 1 aromatic rings. The van der Waals surface area contributed by atoms with Gasteiger partial charge in [0.2, 0.25) is 0 Å². The van der Waals surface area contributed by atoms with Crippen LogP contribution in [0.4, 0.5) is 4.79 Å². The van der Waals surface area contributed by atoms with Crippen LogP contribution < -0.4 is 5.32 Å². The number of sulfonamides is 1. The average Bonchev–Trinajstić information content (AvgIpc) is 2.89. The highest BCUT2D eigenvalue weighted by atomic mass is 32.2. The van der Waals surface area contributed by atoms with E-state index in [2.05, 4.69) is 9.71 Å². The van der Waals surface area contributed by atoms with Gasteiger partial charge in [0.1, 0.15) is 16.8 Å². The van der Waals surface area contributed by atoms with Gasteiger partial charge in [-0.25, -0.2) is 9.59 Å². The third kappa shape index (κ3) is 5.07. The van der Waals surface area contributed by atoms with E-state index in [1.165, 1.54) is 0 Å². The first-order valence-corrected chi connectivity index (χ1v) is 11.8. The number of rotatable bonds is 4. The fraction of sp³-hybridized carbons (Fsp3) is 0.476. The Kier molecular flexibility index (Phi) is 6.99. The maximum absolute atomic E-state index is 12.7. The molecule has 9 nitrogen and oxygen atoms in total. The third-order valence-electron chi connectivity index (χ3n) is 5.24. The molecule has 1 atom stereocenters. The van der Waals surface area contributed by atoms with Crippen LogP contribution in [0.2, 0.25) is 0 Å². The van der Waals surface area contributed by atoms with Crippen LogP contribution in [0.1, 0.15) is 32.8 Å². The molecule has 1 fully saturated rings. The molecule has 10 heteroatoms. The lowest BCUT2D eigenvalue weighted by molar-refractivity contribution is -0.144. The van der Waals surface area contributed by atoms with Gasteiger partial charge in [-0.05, 0) is 32.8 Å². The number of nitrogens with one attached hydrogen (secondary N) is 1. The van der Waals surface area contributed by atoms with Crippen molar-refractivity contribution in [2.75, 3.05) is 32.8 Å². The van der Waals surface area contributed by atoms with Crippen LogP contribution in [0.25, 0.3) is 4.91 Å². The predicted octanol–water partition coefficient (Wildman–Crippen LogP) is 1.83. The van der Waals surface area contributed by atoms with E-state index in [-0.39, 0.29) is 17.5 Å². The first-order valence-electron chi connectivity index (χ1n) is 10.3. The number of carbonyl (C=O) groups excluding carboxylic acids is 2. The van der Waals surface area contributed by atoms with Crippen molar-refractivity contribution >= 4 is 32.8 Å². The van der Waals surface area contributed by atoms with Gasteiger partial charge < -0.3 is 19.9 Å². The SMILES string of the molecule is CCOC(=O)[C@H](C)NC(=O)N1CCCN(C2=NS(=O)(=O)C(c3ccccc3)=C2C)CC1. The summed E-state index contributed by atoms with van der Waals surface area (Å²) >= 11 is 0. The van der Waals surface area contributed by atoms with Crippen LogP contribution in [-0.4, -0.2) is 74.9 Å². The van der Waals surface area contributed by atoms with Gasteiger partial charge in [-0.1, -0.05) is 30.3 Å². The number of amides is 2. The Morgan fingerprint density at radius 2 is 1.87 bits per heavy atom. The minimum atomic E-state index is -3.78. The summed E-state index contributed by atoms with van der Waals surface area (Å²) in [6.45, 7) is 7.20. The van der Waals surface area contributed by atoms with Crippen LogP contribution in [0, 0.1) is 0 Å². The molecule has 168 valence electrons. The molecule has 2 amide bonds. The zero-order chi connectivity index (χ0) is 22.6. The lowest BCUT2D eigenvalue weighted by Gasteiger charge is -2.24. The van der Waals surface area contributed by atoms with Crippen LogP contribution in [0.15, 0.2) is 40.3 Å². The fourth-order valence-electron chi connectivity index (χ4n) is 3.71. The standard InChI is InChI=1S/C21H28N4O5S/c1-4-30-20(26)16(3)22-21(27)25-12-8-11-24(13-14-25)19-15(2)18(31(28,29)23-19)17-9-6-5-7-10-17/h5-7,9-10,16H,4,8,11-14H2,1-3H3,(H,22,27)/t16-/m0/s1. The summed E-state index contributed by atoms with van der Waals surface area (Å²) in [5.41, 5.74) is 1.22. The number of carbonyl (C=O) groups is 2. The summed E-state index contributed by atoms with van der Waals surface area (Å²) in [7, 11) is -3.78. The Labute approximate surface area is 182 Å². The molecule has 0 aromatic heterocycles. The van der Waals surface area contributed by atoms with Crippen molar-refractivity contribution in [3.63, 3.8) is 0 Å². The molecule has 0 spiro atoms. The number of urea groups is 1. The van der Waals surface area contributed by atoms with Crippen LogP contribution in [0.3, 0.4) is 0 Å². The summed E-state index contributed by atoms with van der Waals surface area (Å²) in [5.74, 6) is -0.0481. The largest absolute Gasteiger partial charge is 0.464 e. The van der Waals surface area contributed by atoms with E-state index in [1.807, 2.05) is 11.0 Å². The Hall–Kier alpha value is -2.88. The van der Waals surface area contributed by atoms with E-state index in [4.69, 9.17) is 4.74 Å². The Morgan fingerprint density at radius 1 is 1.16 bits per heavy atom. The van der Waals surface area contributed by atoms with Gasteiger partial charge in [0.25, 0.3) is 10.0 Å². The van der Waals surface area contributed by atoms with Gasteiger partial charge >= 0.3 is 12.0 Å². The van der Waals surface area contributed by atoms with Gasteiger partial charge in [0.05, 0.1) is 6.61 Å². The van der Waals surface area contributed by atoms with Crippen molar-refractivity contribution in [3.8, 4) is 0 Å². The van der Waals surface area contributed by atoms with E-state index in [9.17, 15) is 18.0 Å². The van der Waals surface area contributed by atoms with E-state index < -0.39 is 22.0 Å². The van der Waals surface area contributed by atoms with E-state index in [1.54, 1.807) is 49.9 Å². The highest BCUT2D eigenvalue weighted by Gasteiger charge is 2.34. The molecule has 0 bridgehead atoms. The molecule has 3 rings (SSSR count). The quantitative estimate of drug-likeness (QED) is 0.704. The highest BCUT2D eigenvalue weighted by molar-refractivity contribution is 8.00. The second-order valence-corrected chi connectivity index (χ2v) is 9.00. The summed E-state index contributed by atoms with van der Waals surface area (Å²) in [6.07, 6.45) is 0.647. The third-order valence-corrected chi connectivity index (χ3v) is 6.71. The number of esters is 1. The molecule has 2 aliphatic heterocycles. The minimum Gasteiger partial charge on any atom is -0.464 e. The van der Waals surface area contributed by atoms with Gasteiger partial charge in [-0.2, -0.15) is 8.42 Å². The Morgan fingerprint density at radius 3 is 2.55 bits per heavy atom. The Bertz CT molecular complexity index is 1000. The molecule has 0 saturated carbocycles. The number of ether oxygens (including phenoxy) is 1. The summed E-state index contributed by atoms with van der Waals surface area (Å²) in [4.78, 5) is 28.1. The van der Waals surface area contributed by atoms with Crippen molar-refractivity contribution in [2.45, 2.75) is 33.2 Å². The van der Waals surface area contributed by atoms with Crippen molar-refractivity contribution in [1.82, 2.24) is 15.1 Å². The van der Waals surface area contributed by atoms with Crippen molar-refractivity contribution in [3.05, 3.63) is 41.5 Å². The molecule has 0 aliphatic carbocycles. The van der Waals surface area contributed by atoms with Crippen molar-refractivity contribution in [1.29, 1.82) is 0 Å². The number of amidine groups is 1. The molecular formula is C21H28N4O5S. The molecule has 0 unspecified atom stereocenters. The van der Waals surface area contributed by atoms with Gasteiger partial charge in [-0.15, -0.1) is 4.40 Å². The summed E-state index contributed by atoms with van der Waals surface area (Å²) in [5, 5.41) is 2.66. The molecular weight excluding hydrogens is 420 g/mol. The molecule has 0 radical (unpaired) electrons. The topological polar surface area (TPSA) is 108 Å². The molecule has 2 aliphatic rings. The number of hydrogen-bond acceptors (Lipinski definition) is 6. The van der Waals surface area contributed by atoms with Crippen LogP contribution in [0.5, 0.6) is 0 Å². The zero-order valence-corrected chi connectivity index (χ0v) is 18.8. The lowest BCUT2D eigenvalue weighted by atomic mass is 10.1. The number of benzene rings is 1. The monoisotopic (exact) mass is 448 g/mol. The molecule has 31 heavy (non-hydrogen) atoms. The van der Waals surface area contributed by atoms with E-state index in [0.29, 0.717) is 49.6 Å². The second-order valence-electron chi connectivity index (χ2n) is 7.46. The minimum absolute atomic E-state index is 0.227.